The van der Waals surface area contributed by atoms with Crippen molar-refractivity contribution in [2.45, 2.75) is 43.6 Å². The fraction of sp³-hybridized carbons (Fsp3) is 0.571. The number of aromatic hydroxyl groups is 2. The van der Waals surface area contributed by atoms with E-state index in [0.717, 1.165) is 0 Å². The van der Waals surface area contributed by atoms with Crippen LogP contribution in [0.5, 0.6) is 11.5 Å². The van der Waals surface area contributed by atoms with Crippen LogP contribution in [-0.2, 0) is 4.74 Å². The van der Waals surface area contributed by atoms with E-state index in [4.69, 9.17) is 9.84 Å². The number of benzene rings is 1. The van der Waals surface area contributed by atoms with Gasteiger partial charge in [0.1, 0.15) is 29.8 Å². The van der Waals surface area contributed by atoms with E-state index in [9.17, 15) is 25.5 Å². The molecule has 1 saturated heterocycles. The Hall–Kier alpha value is -1.42. The molecule has 7 N–H and O–H groups in total. The average molecular weight is 315 g/mol. The molecule has 22 heavy (non-hydrogen) atoms. The molecular formula is C14H21NO7. The highest BCUT2D eigenvalue weighted by atomic mass is 16.6. The maximum atomic E-state index is 10.1. The maximum absolute atomic E-state index is 10.1. The minimum absolute atomic E-state index is 0.0876. The molecule has 8 heteroatoms. The van der Waals surface area contributed by atoms with Crippen molar-refractivity contribution in [2.75, 3.05) is 6.61 Å². The second kappa shape index (κ2) is 6.78. The van der Waals surface area contributed by atoms with E-state index >= 15 is 0 Å². The number of hydrogen-bond acceptors (Lipinski definition) is 8. The van der Waals surface area contributed by atoms with Gasteiger partial charge in [0.15, 0.2) is 6.29 Å². The molecule has 0 radical (unpaired) electrons. The van der Waals surface area contributed by atoms with Crippen molar-refractivity contribution in [3.63, 3.8) is 0 Å². The number of ether oxygens (including phenoxy) is 1. The van der Waals surface area contributed by atoms with Gasteiger partial charge in [-0.3, -0.25) is 0 Å². The van der Waals surface area contributed by atoms with E-state index < -0.39 is 43.3 Å². The first-order valence-corrected chi connectivity index (χ1v) is 6.93. The summed E-state index contributed by atoms with van der Waals surface area (Å²) in [4.78, 5) is 0. The molecule has 0 aromatic heterocycles. The smallest absolute Gasteiger partial charge is 0.183 e. The molecule has 1 aliphatic rings. The van der Waals surface area contributed by atoms with Crippen LogP contribution in [0, 0.1) is 0 Å². The van der Waals surface area contributed by atoms with Gasteiger partial charge in [-0.15, -0.1) is 0 Å². The Balaban J connectivity index is 2.16. The van der Waals surface area contributed by atoms with Gasteiger partial charge in [0.05, 0.1) is 12.6 Å². The molecule has 0 amide bonds. The Labute approximate surface area is 127 Å². The number of hydrogen-bond donors (Lipinski definition) is 7. The van der Waals surface area contributed by atoms with Crippen LogP contribution in [0.4, 0.5) is 0 Å². The fourth-order valence-corrected chi connectivity index (χ4v) is 2.58. The molecule has 6 atom stereocenters. The lowest BCUT2D eigenvalue weighted by Gasteiger charge is -2.41. The number of aliphatic hydroxyl groups excluding tert-OH is 4. The second-order valence-electron chi connectivity index (χ2n) is 5.39. The number of nitrogens with one attached hydrogen (secondary N) is 1. The molecule has 2 rings (SSSR count). The van der Waals surface area contributed by atoms with E-state index in [1.165, 1.54) is 18.2 Å². The lowest BCUT2D eigenvalue weighted by atomic mass is 9.94. The van der Waals surface area contributed by atoms with Crippen molar-refractivity contribution in [3.05, 3.63) is 23.8 Å². The Morgan fingerprint density at radius 3 is 2.45 bits per heavy atom. The van der Waals surface area contributed by atoms with Gasteiger partial charge in [-0.25, -0.2) is 0 Å². The Bertz CT molecular complexity index is 512. The summed E-state index contributed by atoms with van der Waals surface area (Å²) in [5.74, 6) is -0.231. The summed E-state index contributed by atoms with van der Waals surface area (Å²) in [5.41, 5.74) is 0.443. The molecule has 0 saturated carbocycles. The van der Waals surface area contributed by atoms with E-state index in [1.807, 2.05) is 0 Å². The van der Waals surface area contributed by atoms with Crippen LogP contribution < -0.4 is 5.32 Å². The molecule has 1 heterocycles. The number of rotatable bonds is 4. The average Bonchev–Trinajstić information content (AvgIpc) is 2.47. The van der Waals surface area contributed by atoms with E-state index in [-0.39, 0.29) is 11.5 Å². The molecule has 124 valence electrons. The van der Waals surface area contributed by atoms with Crippen molar-refractivity contribution >= 4 is 0 Å². The third-order valence-corrected chi connectivity index (χ3v) is 3.83. The quantitative estimate of drug-likeness (QED) is 0.358. The summed E-state index contributed by atoms with van der Waals surface area (Å²) in [6.07, 6.45) is -5.22. The predicted molar refractivity (Wildman–Crippen MR) is 75.1 cm³/mol. The van der Waals surface area contributed by atoms with Crippen LogP contribution in [0.15, 0.2) is 18.2 Å². The van der Waals surface area contributed by atoms with Gasteiger partial charge in [-0.1, -0.05) is 6.07 Å². The van der Waals surface area contributed by atoms with Crippen molar-refractivity contribution in [3.8, 4) is 11.5 Å². The van der Waals surface area contributed by atoms with Crippen molar-refractivity contribution in [1.29, 1.82) is 0 Å². The first-order chi connectivity index (χ1) is 10.3. The lowest BCUT2D eigenvalue weighted by molar-refractivity contribution is -0.263. The van der Waals surface area contributed by atoms with Crippen LogP contribution in [0.3, 0.4) is 0 Å². The largest absolute Gasteiger partial charge is 0.508 e. The number of phenols is 2. The Kier molecular flexibility index (Phi) is 5.22. The van der Waals surface area contributed by atoms with Crippen LogP contribution in [-0.4, -0.2) is 67.9 Å². The predicted octanol–water partition coefficient (Wildman–Crippen LogP) is -1.45. The zero-order valence-electron chi connectivity index (χ0n) is 12.0. The maximum Gasteiger partial charge on any atom is 0.183 e. The summed E-state index contributed by atoms with van der Waals surface area (Å²) in [5, 5.41) is 60.8. The van der Waals surface area contributed by atoms with Gasteiger partial charge in [0.2, 0.25) is 0 Å². The molecule has 1 aromatic carbocycles. The molecule has 0 aliphatic carbocycles. The van der Waals surface area contributed by atoms with E-state index in [1.54, 1.807) is 6.92 Å². The van der Waals surface area contributed by atoms with Gasteiger partial charge in [0.25, 0.3) is 0 Å². The van der Waals surface area contributed by atoms with Crippen molar-refractivity contribution in [1.82, 2.24) is 5.32 Å². The van der Waals surface area contributed by atoms with Crippen LogP contribution >= 0.6 is 0 Å². The van der Waals surface area contributed by atoms with Gasteiger partial charge in [0, 0.05) is 17.7 Å². The summed E-state index contributed by atoms with van der Waals surface area (Å²) >= 11 is 0. The minimum Gasteiger partial charge on any atom is -0.508 e. The van der Waals surface area contributed by atoms with Crippen molar-refractivity contribution in [2.24, 2.45) is 0 Å². The zero-order valence-corrected chi connectivity index (χ0v) is 12.0. The van der Waals surface area contributed by atoms with Crippen LogP contribution in [0.25, 0.3) is 0 Å². The normalized spacial score (nSPS) is 33.6. The van der Waals surface area contributed by atoms with Gasteiger partial charge < -0.3 is 40.7 Å². The SMILES string of the molecule is CC(NC1C(O)C(O)OC(CO)C1O)c1ccc(O)cc1O. The lowest BCUT2D eigenvalue weighted by Crippen LogP contribution is -2.63. The highest BCUT2D eigenvalue weighted by molar-refractivity contribution is 5.40. The first kappa shape index (κ1) is 16.9. The monoisotopic (exact) mass is 315 g/mol. The third-order valence-electron chi connectivity index (χ3n) is 3.83. The fourth-order valence-electron chi connectivity index (χ4n) is 2.58. The van der Waals surface area contributed by atoms with Gasteiger partial charge in [-0.2, -0.15) is 0 Å². The Morgan fingerprint density at radius 1 is 1.18 bits per heavy atom. The standard InChI is InChI=1S/C14H21NO7/c1-6(8-3-2-7(17)4-9(8)18)15-11-12(19)10(5-16)22-14(21)13(11)20/h2-4,6,10-21H,5H2,1H3. The highest BCUT2D eigenvalue weighted by Gasteiger charge is 2.44. The summed E-state index contributed by atoms with van der Waals surface area (Å²) in [6, 6.07) is 2.61. The summed E-state index contributed by atoms with van der Waals surface area (Å²) in [7, 11) is 0. The van der Waals surface area contributed by atoms with Crippen LogP contribution in [0.2, 0.25) is 0 Å². The molecule has 0 spiro atoms. The molecule has 1 aromatic rings. The first-order valence-electron chi connectivity index (χ1n) is 6.93. The molecule has 6 unspecified atom stereocenters. The van der Waals surface area contributed by atoms with E-state index in [0.29, 0.717) is 5.56 Å². The summed E-state index contributed by atoms with van der Waals surface area (Å²) < 4.78 is 4.90. The molecule has 1 fully saturated rings. The van der Waals surface area contributed by atoms with Crippen molar-refractivity contribution < 1.29 is 35.4 Å². The zero-order chi connectivity index (χ0) is 16.4. The van der Waals surface area contributed by atoms with Gasteiger partial charge >= 0.3 is 0 Å². The topological polar surface area (TPSA) is 143 Å². The Morgan fingerprint density at radius 2 is 1.86 bits per heavy atom. The number of aliphatic hydroxyl groups is 4. The second-order valence-corrected chi connectivity index (χ2v) is 5.39. The minimum atomic E-state index is -1.54. The summed E-state index contributed by atoms with van der Waals surface area (Å²) in [6.45, 7) is 1.17. The third kappa shape index (κ3) is 3.32. The van der Waals surface area contributed by atoms with E-state index in [2.05, 4.69) is 5.32 Å². The molecular weight excluding hydrogens is 294 g/mol. The highest BCUT2D eigenvalue weighted by Crippen LogP contribution is 2.29. The number of phenolic OH excluding ortho intramolecular Hbond substituents is 2. The van der Waals surface area contributed by atoms with Gasteiger partial charge in [-0.05, 0) is 13.0 Å². The van der Waals surface area contributed by atoms with Crippen LogP contribution in [0.1, 0.15) is 18.5 Å². The molecule has 0 bridgehead atoms. The molecule has 8 nitrogen and oxygen atoms in total. The molecule has 1 aliphatic heterocycles.